The largest absolute Gasteiger partial charge is 0.384 e. The second kappa shape index (κ2) is 3.75. The summed E-state index contributed by atoms with van der Waals surface area (Å²) in [6, 6.07) is 0.362. The van der Waals surface area contributed by atoms with Gasteiger partial charge in [0.05, 0.1) is 18.9 Å². The lowest BCUT2D eigenvalue weighted by atomic mass is 10.1. The molecule has 2 aliphatic rings. The van der Waals surface area contributed by atoms with Crippen LogP contribution in [0.3, 0.4) is 0 Å². The third kappa shape index (κ3) is 1.43. The van der Waals surface area contributed by atoms with Gasteiger partial charge in [-0.1, -0.05) is 6.92 Å². The number of rotatable bonds is 2. The van der Waals surface area contributed by atoms with Crippen LogP contribution in [0.15, 0.2) is 0 Å². The number of nitrogens with two attached hydrogens (primary N) is 1. The van der Waals surface area contributed by atoms with Crippen molar-refractivity contribution in [1.29, 1.82) is 0 Å². The van der Waals surface area contributed by atoms with Gasteiger partial charge in [0.1, 0.15) is 11.9 Å². The van der Waals surface area contributed by atoms with Gasteiger partial charge in [0.25, 0.3) is 0 Å². The molecule has 88 valence electrons. The van der Waals surface area contributed by atoms with E-state index in [1.807, 2.05) is 4.68 Å². The fourth-order valence-corrected chi connectivity index (χ4v) is 2.40. The summed E-state index contributed by atoms with van der Waals surface area (Å²) < 4.78 is 7.16. The van der Waals surface area contributed by atoms with E-state index in [1.165, 1.54) is 5.56 Å². The summed E-state index contributed by atoms with van der Waals surface area (Å²) in [6.45, 7) is 6.81. The molecule has 0 aromatic carbocycles. The van der Waals surface area contributed by atoms with Crippen LogP contribution in [-0.4, -0.2) is 41.0 Å². The first-order valence-electron chi connectivity index (χ1n) is 5.95. The summed E-state index contributed by atoms with van der Waals surface area (Å²) in [5, 5.41) is 4.64. The van der Waals surface area contributed by atoms with Crippen LogP contribution < -0.4 is 5.73 Å². The Balaban J connectivity index is 1.90. The first kappa shape index (κ1) is 10.1. The Morgan fingerprint density at radius 3 is 2.94 bits per heavy atom. The van der Waals surface area contributed by atoms with Crippen molar-refractivity contribution in [2.75, 3.05) is 32.0 Å². The van der Waals surface area contributed by atoms with Crippen LogP contribution in [0.4, 0.5) is 5.82 Å². The highest BCUT2D eigenvalue weighted by Crippen LogP contribution is 2.28. The van der Waals surface area contributed by atoms with E-state index in [4.69, 9.17) is 10.5 Å². The zero-order chi connectivity index (χ0) is 11.1. The molecule has 0 amide bonds. The summed E-state index contributed by atoms with van der Waals surface area (Å²) in [7, 11) is 0. The smallest absolute Gasteiger partial charge is 0.125 e. The molecule has 0 radical (unpaired) electrons. The van der Waals surface area contributed by atoms with Crippen molar-refractivity contribution < 1.29 is 4.74 Å². The molecule has 1 saturated heterocycles. The molecule has 2 N–H and O–H groups in total. The van der Waals surface area contributed by atoms with Crippen LogP contribution in [-0.2, 0) is 17.7 Å². The maximum atomic E-state index is 6.15. The van der Waals surface area contributed by atoms with E-state index in [9.17, 15) is 0 Å². The van der Waals surface area contributed by atoms with E-state index in [1.54, 1.807) is 0 Å². The van der Waals surface area contributed by atoms with Crippen molar-refractivity contribution in [1.82, 2.24) is 14.7 Å². The van der Waals surface area contributed by atoms with Gasteiger partial charge in [0.15, 0.2) is 0 Å². The summed E-state index contributed by atoms with van der Waals surface area (Å²) >= 11 is 0. The lowest BCUT2D eigenvalue weighted by molar-refractivity contribution is -0.0278. The van der Waals surface area contributed by atoms with Crippen LogP contribution in [0, 0.1) is 0 Å². The molecule has 0 bridgehead atoms. The Morgan fingerprint density at radius 2 is 2.31 bits per heavy atom. The molecule has 3 rings (SSSR count). The number of nitrogen functional groups attached to an aromatic ring is 1. The number of hydrogen-bond donors (Lipinski definition) is 1. The fourth-order valence-electron chi connectivity index (χ4n) is 2.40. The highest BCUT2D eigenvalue weighted by Gasteiger charge is 2.28. The quantitative estimate of drug-likeness (QED) is 0.787. The SMILES string of the molecule is CCN1CCc2c(nn(C3COC3)c2N)C1. The van der Waals surface area contributed by atoms with Crippen molar-refractivity contribution in [2.24, 2.45) is 0 Å². The van der Waals surface area contributed by atoms with Crippen LogP contribution in [0.2, 0.25) is 0 Å². The number of hydrogen-bond acceptors (Lipinski definition) is 4. The Hall–Kier alpha value is -1.07. The third-order valence-electron chi connectivity index (χ3n) is 3.60. The normalized spacial score (nSPS) is 21.8. The first-order chi connectivity index (χ1) is 7.79. The van der Waals surface area contributed by atoms with Crippen molar-refractivity contribution in [3.8, 4) is 0 Å². The Bertz CT molecular complexity index is 397. The molecular weight excluding hydrogens is 204 g/mol. The fraction of sp³-hybridized carbons (Fsp3) is 0.727. The van der Waals surface area contributed by atoms with E-state index in [0.717, 1.165) is 50.8 Å². The first-order valence-corrected chi connectivity index (χ1v) is 5.95. The average Bonchev–Trinajstić information content (AvgIpc) is 2.54. The van der Waals surface area contributed by atoms with Gasteiger partial charge in [-0.25, -0.2) is 4.68 Å². The number of likely N-dealkylation sites (N-methyl/N-ethyl adjacent to an activating group) is 1. The number of nitrogens with zero attached hydrogens (tertiary/aromatic N) is 3. The van der Waals surface area contributed by atoms with Gasteiger partial charge in [0.2, 0.25) is 0 Å². The number of aromatic nitrogens is 2. The van der Waals surface area contributed by atoms with Gasteiger partial charge in [-0.05, 0) is 13.0 Å². The van der Waals surface area contributed by atoms with Crippen LogP contribution in [0.5, 0.6) is 0 Å². The highest BCUT2D eigenvalue weighted by molar-refractivity contribution is 5.45. The van der Waals surface area contributed by atoms with Crippen molar-refractivity contribution in [3.63, 3.8) is 0 Å². The molecule has 2 aliphatic heterocycles. The van der Waals surface area contributed by atoms with E-state index in [0.29, 0.717) is 6.04 Å². The van der Waals surface area contributed by atoms with Crippen molar-refractivity contribution in [3.05, 3.63) is 11.3 Å². The van der Waals surface area contributed by atoms with Crippen LogP contribution >= 0.6 is 0 Å². The molecule has 5 nitrogen and oxygen atoms in total. The molecule has 1 aromatic heterocycles. The molecule has 3 heterocycles. The Labute approximate surface area is 95.2 Å². The summed E-state index contributed by atoms with van der Waals surface area (Å²) in [6.07, 6.45) is 1.03. The summed E-state index contributed by atoms with van der Waals surface area (Å²) in [5.41, 5.74) is 8.57. The van der Waals surface area contributed by atoms with Gasteiger partial charge in [-0.15, -0.1) is 0 Å². The maximum Gasteiger partial charge on any atom is 0.125 e. The standard InChI is InChI=1S/C11H18N4O/c1-2-14-4-3-9-10(5-14)13-15(11(9)12)8-6-16-7-8/h8H,2-7,12H2,1H3. The molecule has 0 aliphatic carbocycles. The Kier molecular flexibility index (Phi) is 2.37. The van der Waals surface area contributed by atoms with Gasteiger partial charge in [0, 0.05) is 18.7 Å². The van der Waals surface area contributed by atoms with Gasteiger partial charge < -0.3 is 10.5 Å². The predicted molar refractivity (Wildman–Crippen MR) is 61.2 cm³/mol. The summed E-state index contributed by atoms with van der Waals surface area (Å²) in [5.74, 6) is 0.860. The van der Waals surface area contributed by atoms with Gasteiger partial charge in [-0.2, -0.15) is 5.10 Å². The number of ether oxygens (including phenoxy) is 1. The monoisotopic (exact) mass is 222 g/mol. The average molecular weight is 222 g/mol. The molecule has 0 atom stereocenters. The van der Waals surface area contributed by atoms with E-state index < -0.39 is 0 Å². The second-order valence-corrected chi connectivity index (χ2v) is 4.57. The number of anilines is 1. The van der Waals surface area contributed by atoms with Crippen LogP contribution in [0.25, 0.3) is 0 Å². The topological polar surface area (TPSA) is 56.3 Å². The molecule has 1 aromatic rings. The minimum atomic E-state index is 0.362. The lowest BCUT2D eigenvalue weighted by Crippen LogP contribution is -2.32. The Morgan fingerprint density at radius 1 is 1.50 bits per heavy atom. The number of fused-ring (bicyclic) bond motifs is 1. The van der Waals surface area contributed by atoms with Gasteiger partial charge >= 0.3 is 0 Å². The van der Waals surface area contributed by atoms with Crippen molar-refractivity contribution in [2.45, 2.75) is 25.9 Å². The zero-order valence-corrected chi connectivity index (χ0v) is 9.65. The van der Waals surface area contributed by atoms with Crippen LogP contribution in [0.1, 0.15) is 24.2 Å². The summed E-state index contributed by atoms with van der Waals surface area (Å²) in [4.78, 5) is 2.40. The molecule has 0 spiro atoms. The van der Waals surface area contributed by atoms with E-state index in [2.05, 4.69) is 16.9 Å². The minimum absolute atomic E-state index is 0.362. The minimum Gasteiger partial charge on any atom is -0.384 e. The molecule has 16 heavy (non-hydrogen) atoms. The molecular formula is C11H18N4O. The molecule has 0 unspecified atom stereocenters. The maximum absolute atomic E-state index is 6.15. The van der Waals surface area contributed by atoms with E-state index >= 15 is 0 Å². The third-order valence-corrected chi connectivity index (χ3v) is 3.60. The lowest BCUT2D eigenvalue weighted by Gasteiger charge is -2.27. The molecule has 5 heteroatoms. The highest BCUT2D eigenvalue weighted by atomic mass is 16.5. The zero-order valence-electron chi connectivity index (χ0n) is 9.65. The predicted octanol–water partition coefficient (Wildman–Crippen LogP) is 0.415. The van der Waals surface area contributed by atoms with E-state index in [-0.39, 0.29) is 0 Å². The molecule has 0 saturated carbocycles. The van der Waals surface area contributed by atoms with Crippen molar-refractivity contribution >= 4 is 5.82 Å². The van der Waals surface area contributed by atoms with Gasteiger partial charge in [-0.3, -0.25) is 4.90 Å². The second-order valence-electron chi connectivity index (χ2n) is 4.57. The molecule has 1 fully saturated rings.